The molecule has 0 amide bonds. The third kappa shape index (κ3) is 6.12. The number of anilines is 3. The van der Waals surface area contributed by atoms with Crippen LogP contribution in [-0.2, 0) is 0 Å². The summed E-state index contributed by atoms with van der Waals surface area (Å²) >= 11 is 0. The van der Waals surface area contributed by atoms with E-state index in [-0.39, 0.29) is 0 Å². The SMILES string of the molecule is c1ccc(-c2oc3c4ccc(N(c5ccc(-c6ccc7ccccc7c6)cc5)c5ccc(-c6ccc7ccccc7c6)cc5)cc4c4ccccc4c3c2-c2ccccc2)cc1. The van der Waals surface area contributed by atoms with Gasteiger partial charge < -0.3 is 9.32 Å². The maximum atomic E-state index is 7.08. The van der Waals surface area contributed by atoms with E-state index in [0.29, 0.717) is 0 Å². The smallest absolute Gasteiger partial charge is 0.143 e. The number of furan rings is 1. The highest BCUT2D eigenvalue weighted by molar-refractivity contribution is 6.29. The maximum absolute atomic E-state index is 7.08. The zero-order chi connectivity index (χ0) is 41.0. The van der Waals surface area contributed by atoms with Crippen molar-refractivity contribution in [3.63, 3.8) is 0 Å². The van der Waals surface area contributed by atoms with Gasteiger partial charge in [-0.15, -0.1) is 0 Å². The van der Waals surface area contributed by atoms with Gasteiger partial charge >= 0.3 is 0 Å². The van der Waals surface area contributed by atoms with Crippen LogP contribution in [0.15, 0.2) is 241 Å². The fraction of sp³-hybridized carbons (Fsp3) is 0. The minimum atomic E-state index is 0.883. The van der Waals surface area contributed by atoms with E-state index >= 15 is 0 Å². The summed E-state index contributed by atoms with van der Waals surface area (Å²) in [5.74, 6) is 0.883. The number of rotatable bonds is 7. The number of hydrogen-bond donors (Lipinski definition) is 0. The second-order valence-electron chi connectivity index (χ2n) is 16.1. The second-order valence-corrected chi connectivity index (χ2v) is 16.1. The Morgan fingerprint density at radius 3 is 1.32 bits per heavy atom. The van der Waals surface area contributed by atoms with Crippen LogP contribution in [0.4, 0.5) is 17.1 Å². The monoisotopic (exact) mass is 789 g/mol. The maximum Gasteiger partial charge on any atom is 0.143 e. The van der Waals surface area contributed by atoms with E-state index in [0.717, 1.165) is 61.3 Å². The quantitative estimate of drug-likeness (QED) is 0.150. The van der Waals surface area contributed by atoms with Crippen molar-refractivity contribution >= 4 is 71.1 Å². The summed E-state index contributed by atoms with van der Waals surface area (Å²) in [7, 11) is 0. The molecule has 0 aliphatic carbocycles. The molecule has 0 atom stereocenters. The van der Waals surface area contributed by atoms with Crippen molar-refractivity contribution in [1.29, 1.82) is 0 Å². The largest absolute Gasteiger partial charge is 0.455 e. The summed E-state index contributed by atoms with van der Waals surface area (Å²) in [5.41, 5.74) is 12.2. The van der Waals surface area contributed by atoms with Gasteiger partial charge in [0.05, 0.1) is 0 Å². The highest BCUT2D eigenvalue weighted by Gasteiger charge is 2.24. The topological polar surface area (TPSA) is 16.4 Å². The van der Waals surface area contributed by atoms with Crippen LogP contribution in [0.25, 0.3) is 98.8 Å². The summed E-state index contributed by atoms with van der Waals surface area (Å²) in [6, 6.07) is 85.3. The first-order valence-electron chi connectivity index (χ1n) is 21.2. The number of fused-ring (bicyclic) bond motifs is 8. The molecule has 12 aromatic rings. The highest BCUT2D eigenvalue weighted by atomic mass is 16.3. The van der Waals surface area contributed by atoms with Crippen molar-refractivity contribution in [3.8, 4) is 44.7 Å². The van der Waals surface area contributed by atoms with Gasteiger partial charge in [-0.05, 0) is 120 Å². The van der Waals surface area contributed by atoms with Crippen LogP contribution in [0.3, 0.4) is 0 Å². The molecule has 0 N–H and O–H groups in total. The summed E-state index contributed by atoms with van der Waals surface area (Å²) in [6.45, 7) is 0. The summed E-state index contributed by atoms with van der Waals surface area (Å²) < 4.78 is 7.08. The molecule has 290 valence electrons. The lowest BCUT2D eigenvalue weighted by atomic mass is 9.92. The van der Waals surface area contributed by atoms with Crippen molar-refractivity contribution in [3.05, 3.63) is 237 Å². The van der Waals surface area contributed by atoms with Crippen LogP contribution in [0.5, 0.6) is 0 Å². The molecular weight excluding hydrogens is 751 g/mol. The predicted octanol–water partition coefficient (Wildman–Crippen LogP) is 17.2. The molecule has 62 heavy (non-hydrogen) atoms. The summed E-state index contributed by atoms with van der Waals surface area (Å²) in [6.07, 6.45) is 0. The van der Waals surface area contributed by atoms with Crippen LogP contribution >= 0.6 is 0 Å². The Hall–Kier alpha value is -8.20. The summed E-state index contributed by atoms with van der Waals surface area (Å²) in [4.78, 5) is 2.37. The molecule has 1 aromatic heterocycles. The molecule has 2 heteroatoms. The predicted molar refractivity (Wildman–Crippen MR) is 263 cm³/mol. The number of benzene rings is 11. The standard InChI is InChI=1S/C60H39NO/c1-3-15-44(16-4-1)57-58-54-22-12-11-21-53(54)56-39-52(35-36-55(56)60(58)62-59(57)45-17-5-2-6-18-45)61(50-31-27-42(28-32-50)48-25-23-40-13-7-9-19-46(40)37-48)51-33-29-43(30-34-51)49-26-24-41-14-8-10-20-47(41)38-49/h1-39H. The van der Waals surface area contributed by atoms with Crippen molar-refractivity contribution in [2.24, 2.45) is 0 Å². The van der Waals surface area contributed by atoms with E-state index in [9.17, 15) is 0 Å². The average molecular weight is 790 g/mol. The Labute approximate surface area is 360 Å². The minimum absolute atomic E-state index is 0.883. The fourth-order valence-electron chi connectivity index (χ4n) is 9.37. The van der Waals surface area contributed by atoms with E-state index in [1.54, 1.807) is 0 Å². The van der Waals surface area contributed by atoms with Crippen LogP contribution in [0.1, 0.15) is 0 Å². The van der Waals surface area contributed by atoms with Crippen LogP contribution in [-0.4, -0.2) is 0 Å². The molecule has 1 heterocycles. The van der Waals surface area contributed by atoms with Gasteiger partial charge in [-0.3, -0.25) is 0 Å². The lowest BCUT2D eigenvalue weighted by Gasteiger charge is -2.26. The Morgan fingerprint density at radius 2 is 0.742 bits per heavy atom. The van der Waals surface area contributed by atoms with Crippen LogP contribution in [0.2, 0.25) is 0 Å². The van der Waals surface area contributed by atoms with Gasteiger partial charge in [0.15, 0.2) is 0 Å². The molecule has 0 fully saturated rings. The normalized spacial score (nSPS) is 11.5. The molecule has 0 aliphatic heterocycles. The van der Waals surface area contributed by atoms with E-state index < -0.39 is 0 Å². The molecule has 0 radical (unpaired) electrons. The average Bonchev–Trinajstić information content (AvgIpc) is 3.76. The molecule has 2 nitrogen and oxygen atoms in total. The molecule has 0 unspecified atom stereocenters. The first kappa shape index (κ1) is 35.7. The fourth-order valence-corrected chi connectivity index (χ4v) is 9.37. The van der Waals surface area contributed by atoms with E-state index in [2.05, 4.69) is 241 Å². The molecule has 11 aromatic carbocycles. The van der Waals surface area contributed by atoms with Gasteiger partial charge in [-0.2, -0.15) is 0 Å². The molecule has 0 saturated carbocycles. The van der Waals surface area contributed by atoms with E-state index in [4.69, 9.17) is 4.42 Å². The van der Waals surface area contributed by atoms with Gasteiger partial charge in [-0.1, -0.05) is 182 Å². The van der Waals surface area contributed by atoms with Crippen molar-refractivity contribution in [2.45, 2.75) is 0 Å². The first-order chi connectivity index (χ1) is 30.7. The third-order valence-electron chi connectivity index (χ3n) is 12.4. The van der Waals surface area contributed by atoms with Gasteiger partial charge in [0.1, 0.15) is 11.3 Å². The molecule has 12 rings (SSSR count). The lowest BCUT2D eigenvalue weighted by Crippen LogP contribution is -2.10. The van der Waals surface area contributed by atoms with E-state index in [1.165, 1.54) is 54.6 Å². The molecular formula is C60H39NO. The molecule has 0 bridgehead atoms. The minimum Gasteiger partial charge on any atom is -0.455 e. The van der Waals surface area contributed by atoms with Crippen molar-refractivity contribution in [2.75, 3.05) is 4.90 Å². The van der Waals surface area contributed by atoms with Crippen LogP contribution < -0.4 is 4.90 Å². The van der Waals surface area contributed by atoms with Crippen LogP contribution in [0, 0.1) is 0 Å². The lowest BCUT2D eigenvalue weighted by molar-refractivity contribution is 0.636. The Bertz CT molecular complexity index is 3480. The number of hydrogen-bond acceptors (Lipinski definition) is 2. The molecule has 0 saturated heterocycles. The Balaban J connectivity index is 1.04. The van der Waals surface area contributed by atoms with E-state index in [1.807, 2.05) is 0 Å². The zero-order valence-electron chi connectivity index (χ0n) is 33.9. The van der Waals surface area contributed by atoms with Gasteiger partial charge in [-0.25, -0.2) is 0 Å². The molecule has 0 aliphatic rings. The highest BCUT2D eigenvalue weighted by Crippen LogP contribution is 2.48. The van der Waals surface area contributed by atoms with Crippen molar-refractivity contribution < 1.29 is 4.42 Å². The number of nitrogens with zero attached hydrogens (tertiary/aromatic N) is 1. The van der Waals surface area contributed by atoms with Gasteiger partial charge in [0, 0.05) is 39.0 Å². The summed E-state index contributed by atoms with van der Waals surface area (Å²) in [5, 5.41) is 10.7. The van der Waals surface area contributed by atoms with Crippen molar-refractivity contribution in [1.82, 2.24) is 0 Å². The third-order valence-corrected chi connectivity index (χ3v) is 12.4. The second kappa shape index (κ2) is 14.8. The molecule has 0 spiro atoms. The zero-order valence-corrected chi connectivity index (χ0v) is 33.9. The van der Waals surface area contributed by atoms with Gasteiger partial charge in [0.2, 0.25) is 0 Å². The Morgan fingerprint density at radius 1 is 0.274 bits per heavy atom. The van der Waals surface area contributed by atoms with Gasteiger partial charge in [0.25, 0.3) is 0 Å². The first-order valence-corrected chi connectivity index (χ1v) is 21.2. The Kier molecular flexibility index (Phi) is 8.53.